The Morgan fingerprint density at radius 2 is 0.727 bits per heavy atom. The van der Waals surface area contributed by atoms with E-state index in [0.717, 1.165) is 130 Å². The number of carboxylic acids is 2. The summed E-state index contributed by atoms with van der Waals surface area (Å²) >= 11 is 0. The summed E-state index contributed by atoms with van der Waals surface area (Å²) < 4.78 is 24.6. The number of rotatable bonds is 32. The Hall–Kier alpha value is -2.82. The summed E-state index contributed by atoms with van der Waals surface area (Å²) in [4.78, 5) is 46.1. The molecular formula is C66H108CaO10. The summed E-state index contributed by atoms with van der Waals surface area (Å²) in [5.41, 5.74) is 7.53. The quantitative estimate of drug-likeness (QED) is 0.0412. The number of hydrogen-bond acceptors (Lipinski definition) is 8. The van der Waals surface area contributed by atoms with Crippen LogP contribution < -0.4 is 18.9 Å². The standard InChI is InChI=1S/2C33H54O5.Ca/c2*1-22(2)12-9-13-23(3)14-10-15-24(4)16-11-20-33(8)21-19-28-27(7)31(25(5)26(6)32(28)38-33)37-30(36)18-17-29(34)35;/h2*22-24H,9-21H2,1-8H3,(H,34,35);. The van der Waals surface area contributed by atoms with Crippen molar-refractivity contribution < 1.29 is 48.3 Å². The number of esters is 2. The van der Waals surface area contributed by atoms with Crippen LogP contribution in [-0.4, -0.2) is 83.0 Å². The molecule has 11 heteroatoms. The molecule has 77 heavy (non-hydrogen) atoms. The number of carbonyl (C=O) groups excluding carboxylic acids is 2. The van der Waals surface area contributed by atoms with Crippen LogP contribution in [0, 0.1) is 77.0 Å². The van der Waals surface area contributed by atoms with Gasteiger partial charge < -0.3 is 29.2 Å². The van der Waals surface area contributed by atoms with E-state index in [2.05, 4.69) is 69.2 Å². The third-order valence-electron chi connectivity index (χ3n) is 17.2. The van der Waals surface area contributed by atoms with E-state index in [1.807, 2.05) is 41.5 Å². The van der Waals surface area contributed by atoms with Crippen LogP contribution in [0.3, 0.4) is 0 Å². The third kappa shape index (κ3) is 24.4. The molecule has 6 unspecified atom stereocenters. The van der Waals surface area contributed by atoms with Crippen LogP contribution in [0.4, 0.5) is 0 Å². The molecule has 2 aromatic rings. The summed E-state index contributed by atoms with van der Waals surface area (Å²) in [5, 5.41) is 17.7. The van der Waals surface area contributed by atoms with Crippen LogP contribution in [0.2, 0.25) is 0 Å². The number of fused-ring (bicyclic) bond motifs is 2. The van der Waals surface area contributed by atoms with Gasteiger partial charge in [0, 0.05) is 48.9 Å². The molecule has 0 bridgehead atoms. The molecule has 0 aromatic heterocycles. The van der Waals surface area contributed by atoms with Gasteiger partial charge in [-0.25, -0.2) is 0 Å². The zero-order chi connectivity index (χ0) is 56.9. The summed E-state index contributed by atoms with van der Waals surface area (Å²) in [6, 6.07) is 0. The molecule has 2 N–H and O–H groups in total. The Labute approximate surface area is 498 Å². The van der Waals surface area contributed by atoms with Crippen LogP contribution in [-0.2, 0) is 32.0 Å². The first-order valence-electron chi connectivity index (χ1n) is 30.1. The maximum Gasteiger partial charge on any atom is 0.311 e. The Bertz CT molecular complexity index is 2030. The van der Waals surface area contributed by atoms with E-state index in [1.165, 1.54) is 103 Å². The van der Waals surface area contributed by atoms with E-state index < -0.39 is 23.9 Å². The van der Waals surface area contributed by atoms with Crippen LogP contribution in [0.15, 0.2) is 0 Å². The van der Waals surface area contributed by atoms with Crippen LogP contribution >= 0.6 is 0 Å². The average Bonchev–Trinajstić information content (AvgIpc) is 3.33. The summed E-state index contributed by atoms with van der Waals surface area (Å²) in [6.45, 7) is 35.3. The van der Waals surface area contributed by atoms with Crippen molar-refractivity contribution in [1.29, 1.82) is 0 Å². The van der Waals surface area contributed by atoms with Crippen LogP contribution in [0.25, 0.3) is 0 Å². The van der Waals surface area contributed by atoms with Crippen molar-refractivity contribution in [3.05, 3.63) is 44.5 Å². The maximum atomic E-state index is 12.2. The van der Waals surface area contributed by atoms with Crippen LogP contribution in [0.1, 0.15) is 268 Å². The first-order chi connectivity index (χ1) is 35.6. The predicted octanol–water partition coefficient (Wildman–Crippen LogP) is 17.4. The predicted molar refractivity (Wildman–Crippen MR) is 316 cm³/mol. The number of benzene rings is 2. The van der Waals surface area contributed by atoms with Gasteiger partial charge in [-0.05, 0) is 176 Å². The molecule has 0 saturated carbocycles. The topological polar surface area (TPSA) is 146 Å². The first-order valence-corrected chi connectivity index (χ1v) is 30.1. The Morgan fingerprint density at radius 3 is 1.01 bits per heavy atom. The minimum atomic E-state index is -0.999. The average molecular weight is 1100 g/mol. The molecule has 0 saturated heterocycles. The SMILES string of the molecule is Cc1c(C)c2c(c(C)c1OC(=O)CCC(=O)O)CCC(C)(CCCC(C)CCCC(C)CCCC(C)C)O2.Cc1c(C)c2c(c(C)c1OC(=O)CCC(=O)O)CCC(C)(CCCC(C)CCCC(C)CCCC(C)C)O2.[Ca]. The van der Waals surface area contributed by atoms with E-state index in [1.54, 1.807) is 0 Å². The van der Waals surface area contributed by atoms with Crippen molar-refractivity contribution in [2.24, 2.45) is 35.5 Å². The van der Waals surface area contributed by atoms with E-state index in [4.69, 9.17) is 29.2 Å². The first kappa shape index (κ1) is 70.3. The zero-order valence-electron chi connectivity index (χ0n) is 51.7. The van der Waals surface area contributed by atoms with Gasteiger partial charge >= 0.3 is 23.9 Å². The summed E-state index contributed by atoms with van der Waals surface area (Å²) in [7, 11) is 0. The van der Waals surface area contributed by atoms with Crippen molar-refractivity contribution in [1.82, 2.24) is 0 Å². The summed E-state index contributed by atoms with van der Waals surface area (Å²) in [5.74, 6) is 4.84. The Balaban J connectivity index is 0.000000520. The zero-order valence-corrected chi connectivity index (χ0v) is 53.9. The second-order valence-electron chi connectivity index (χ2n) is 25.6. The fourth-order valence-electron chi connectivity index (χ4n) is 11.6. The minimum absolute atomic E-state index is 0. The van der Waals surface area contributed by atoms with Gasteiger partial charge in [-0.15, -0.1) is 0 Å². The molecule has 0 aliphatic carbocycles. The van der Waals surface area contributed by atoms with Gasteiger partial charge in [0.15, 0.2) is 0 Å². The molecule has 6 atom stereocenters. The Morgan fingerprint density at radius 1 is 0.442 bits per heavy atom. The van der Waals surface area contributed by atoms with E-state index >= 15 is 0 Å². The molecule has 0 amide bonds. The van der Waals surface area contributed by atoms with E-state index in [-0.39, 0.29) is 74.6 Å². The molecule has 2 radical (unpaired) electrons. The van der Waals surface area contributed by atoms with Gasteiger partial charge in [-0.3, -0.25) is 19.2 Å². The molecule has 2 aliphatic rings. The van der Waals surface area contributed by atoms with Crippen molar-refractivity contribution in [2.75, 3.05) is 0 Å². The number of ether oxygens (including phenoxy) is 4. The maximum absolute atomic E-state index is 12.2. The van der Waals surface area contributed by atoms with Crippen molar-refractivity contribution in [3.63, 3.8) is 0 Å². The van der Waals surface area contributed by atoms with Crippen molar-refractivity contribution in [2.45, 2.75) is 289 Å². The molecule has 2 aromatic carbocycles. The molecule has 4 rings (SSSR count). The number of hydrogen-bond donors (Lipinski definition) is 2. The molecular weight excluding hydrogens is 993 g/mol. The fourth-order valence-corrected chi connectivity index (χ4v) is 11.6. The van der Waals surface area contributed by atoms with Gasteiger partial charge in [0.25, 0.3) is 0 Å². The fraction of sp³-hybridized carbons (Fsp3) is 0.758. The van der Waals surface area contributed by atoms with Crippen molar-refractivity contribution >= 4 is 61.6 Å². The van der Waals surface area contributed by atoms with Gasteiger partial charge in [-0.1, -0.05) is 145 Å². The summed E-state index contributed by atoms with van der Waals surface area (Å²) in [6.07, 6.45) is 26.1. The normalized spacial score (nSPS) is 18.3. The third-order valence-corrected chi connectivity index (χ3v) is 17.2. The van der Waals surface area contributed by atoms with Gasteiger partial charge in [0.1, 0.15) is 34.2 Å². The molecule has 0 spiro atoms. The molecule has 434 valence electrons. The van der Waals surface area contributed by atoms with Gasteiger partial charge in [-0.2, -0.15) is 0 Å². The van der Waals surface area contributed by atoms with Gasteiger partial charge in [0.05, 0.1) is 25.7 Å². The number of aliphatic carboxylic acids is 2. The van der Waals surface area contributed by atoms with Crippen LogP contribution in [0.5, 0.6) is 23.0 Å². The molecule has 2 heterocycles. The van der Waals surface area contributed by atoms with Crippen molar-refractivity contribution in [3.8, 4) is 23.0 Å². The molecule has 10 nitrogen and oxygen atoms in total. The molecule has 2 aliphatic heterocycles. The Kier molecular flexibility index (Phi) is 31.5. The van der Waals surface area contributed by atoms with Gasteiger partial charge in [0.2, 0.25) is 0 Å². The largest absolute Gasteiger partial charge is 0.487 e. The number of carbonyl (C=O) groups is 4. The van der Waals surface area contributed by atoms with E-state index in [0.29, 0.717) is 11.5 Å². The molecule has 0 fully saturated rings. The minimum Gasteiger partial charge on any atom is -0.487 e. The number of carboxylic acid groups (broad SMARTS) is 2. The smallest absolute Gasteiger partial charge is 0.311 e. The van der Waals surface area contributed by atoms with E-state index in [9.17, 15) is 19.2 Å². The second-order valence-corrected chi connectivity index (χ2v) is 25.6. The monoisotopic (exact) mass is 1100 g/mol. The second kappa shape index (κ2) is 34.5.